The maximum absolute atomic E-state index is 6.25. The number of rotatable bonds is 3. The molecular formula is C14H19N3. The van der Waals surface area contributed by atoms with Gasteiger partial charge in [0.05, 0.1) is 11.0 Å². The Morgan fingerprint density at radius 1 is 1.41 bits per heavy atom. The number of benzene rings is 1. The predicted octanol–water partition coefficient (Wildman–Crippen LogP) is 2.24. The van der Waals surface area contributed by atoms with Crippen LogP contribution in [0.15, 0.2) is 24.3 Å². The number of hydrogen-bond donors (Lipinski definition) is 1. The van der Waals surface area contributed by atoms with Crippen molar-refractivity contribution in [2.24, 2.45) is 18.7 Å². The van der Waals surface area contributed by atoms with Crippen LogP contribution in [0.3, 0.4) is 0 Å². The van der Waals surface area contributed by atoms with Crippen LogP contribution >= 0.6 is 0 Å². The summed E-state index contributed by atoms with van der Waals surface area (Å²) in [4.78, 5) is 4.68. The number of hydrogen-bond acceptors (Lipinski definition) is 2. The summed E-state index contributed by atoms with van der Waals surface area (Å²) in [6, 6.07) is 8.54. The van der Waals surface area contributed by atoms with Crippen LogP contribution in [-0.4, -0.2) is 15.6 Å². The van der Waals surface area contributed by atoms with Gasteiger partial charge in [0.25, 0.3) is 0 Å². The number of nitrogens with zero attached hydrogens (tertiary/aromatic N) is 2. The van der Waals surface area contributed by atoms with Gasteiger partial charge in [0.15, 0.2) is 0 Å². The molecule has 0 amide bonds. The van der Waals surface area contributed by atoms with Gasteiger partial charge in [-0.2, -0.15) is 0 Å². The van der Waals surface area contributed by atoms with E-state index in [-0.39, 0.29) is 6.04 Å². The topological polar surface area (TPSA) is 43.8 Å². The molecule has 1 aromatic carbocycles. The molecule has 1 aliphatic carbocycles. The van der Waals surface area contributed by atoms with Crippen LogP contribution in [0, 0.1) is 5.92 Å². The number of para-hydroxylation sites is 2. The minimum Gasteiger partial charge on any atom is -0.331 e. The molecule has 90 valence electrons. The second kappa shape index (κ2) is 4.15. The lowest BCUT2D eigenvalue weighted by molar-refractivity contribution is 0.258. The molecule has 2 N–H and O–H groups in total. The zero-order valence-corrected chi connectivity index (χ0v) is 10.3. The van der Waals surface area contributed by atoms with Crippen molar-refractivity contribution in [2.45, 2.75) is 31.7 Å². The second-order valence-electron chi connectivity index (χ2n) is 5.13. The van der Waals surface area contributed by atoms with E-state index in [1.54, 1.807) is 0 Å². The number of nitrogens with two attached hydrogens (primary N) is 1. The normalized spacial score (nSPS) is 18.2. The molecule has 1 fully saturated rings. The molecule has 17 heavy (non-hydrogen) atoms. The summed E-state index contributed by atoms with van der Waals surface area (Å²) in [5.74, 6) is 1.83. The van der Waals surface area contributed by atoms with E-state index in [0.717, 1.165) is 23.7 Å². The fourth-order valence-electron chi connectivity index (χ4n) is 2.62. The van der Waals surface area contributed by atoms with Gasteiger partial charge in [-0.3, -0.25) is 0 Å². The molecule has 1 aliphatic rings. The van der Waals surface area contributed by atoms with Crippen LogP contribution in [0.5, 0.6) is 0 Å². The minimum absolute atomic E-state index is 0.277. The first-order chi connectivity index (χ1) is 8.25. The van der Waals surface area contributed by atoms with Crippen LogP contribution in [-0.2, 0) is 13.5 Å². The Balaban J connectivity index is 1.87. The number of fused-ring (bicyclic) bond motifs is 1. The van der Waals surface area contributed by atoms with Gasteiger partial charge in [0, 0.05) is 19.5 Å². The molecule has 0 spiro atoms. The van der Waals surface area contributed by atoms with Crippen LogP contribution in [0.1, 0.15) is 25.1 Å². The number of imidazole rings is 1. The highest BCUT2D eigenvalue weighted by molar-refractivity contribution is 5.75. The molecule has 1 atom stereocenters. The van der Waals surface area contributed by atoms with Crippen molar-refractivity contribution < 1.29 is 0 Å². The summed E-state index contributed by atoms with van der Waals surface area (Å²) in [7, 11) is 2.08. The average Bonchev–Trinajstić information content (AvgIpc) is 2.54. The summed E-state index contributed by atoms with van der Waals surface area (Å²) in [6.07, 6.45) is 4.84. The molecular weight excluding hydrogens is 210 g/mol. The third-order valence-electron chi connectivity index (χ3n) is 4.05. The summed E-state index contributed by atoms with van der Waals surface area (Å²) in [5, 5.41) is 0. The Labute approximate surface area is 102 Å². The van der Waals surface area contributed by atoms with Crippen LogP contribution in [0.4, 0.5) is 0 Å². The zero-order valence-electron chi connectivity index (χ0n) is 10.3. The van der Waals surface area contributed by atoms with E-state index < -0.39 is 0 Å². The molecule has 1 heterocycles. The van der Waals surface area contributed by atoms with Gasteiger partial charge >= 0.3 is 0 Å². The summed E-state index contributed by atoms with van der Waals surface area (Å²) in [5.41, 5.74) is 8.52. The molecule has 1 saturated carbocycles. The molecule has 0 bridgehead atoms. The molecule has 3 rings (SSSR count). The van der Waals surface area contributed by atoms with E-state index in [1.165, 1.54) is 24.8 Å². The molecule has 1 unspecified atom stereocenters. The zero-order chi connectivity index (χ0) is 11.8. The van der Waals surface area contributed by atoms with Crippen LogP contribution < -0.4 is 5.73 Å². The molecule has 3 heteroatoms. The van der Waals surface area contributed by atoms with E-state index in [0.29, 0.717) is 0 Å². The molecule has 0 radical (unpaired) electrons. The van der Waals surface area contributed by atoms with Crippen molar-refractivity contribution in [3.63, 3.8) is 0 Å². The molecule has 1 aromatic heterocycles. The monoisotopic (exact) mass is 229 g/mol. The first-order valence-electron chi connectivity index (χ1n) is 6.41. The quantitative estimate of drug-likeness (QED) is 0.877. The highest BCUT2D eigenvalue weighted by Gasteiger charge is 2.25. The first kappa shape index (κ1) is 10.8. The van der Waals surface area contributed by atoms with E-state index in [1.807, 2.05) is 6.07 Å². The van der Waals surface area contributed by atoms with Crippen molar-refractivity contribution >= 4 is 11.0 Å². The van der Waals surface area contributed by atoms with Gasteiger partial charge in [-0.1, -0.05) is 18.6 Å². The Morgan fingerprint density at radius 3 is 2.82 bits per heavy atom. The third kappa shape index (κ3) is 1.84. The summed E-state index contributed by atoms with van der Waals surface area (Å²) < 4.78 is 2.17. The highest BCUT2D eigenvalue weighted by Crippen LogP contribution is 2.30. The van der Waals surface area contributed by atoms with Gasteiger partial charge in [-0.25, -0.2) is 4.98 Å². The molecule has 0 saturated heterocycles. The fourth-order valence-corrected chi connectivity index (χ4v) is 2.62. The lowest BCUT2D eigenvalue weighted by atomic mass is 9.79. The van der Waals surface area contributed by atoms with E-state index >= 15 is 0 Å². The SMILES string of the molecule is Cn1c(CC(N)C2CCC2)nc2ccccc21. The average molecular weight is 229 g/mol. The summed E-state index contributed by atoms with van der Waals surface area (Å²) >= 11 is 0. The first-order valence-corrected chi connectivity index (χ1v) is 6.41. The van der Waals surface area contributed by atoms with Crippen molar-refractivity contribution in [3.8, 4) is 0 Å². The Bertz CT molecular complexity index is 525. The lowest BCUT2D eigenvalue weighted by Gasteiger charge is -2.30. The van der Waals surface area contributed by atoms with Crippen LogP contribution in [0.2, 0.25) is 0 Å². The Hall–Kier alpha value is -1.35. The van der Waals surface area contributed by atoms with E-state index in [9.17, 15) is 0 Å². The van der Waals surface area contributed by atoms with Crippen molar-refractivity contribution in [1.82, 2.24) is 9.55 Å². The van der Waals surface area contributed by atoms with Crippen molar-refractivity contribution in [1.29, 1.82) is 0 Å². The third-order valence-corrected chi connectivity index (χ3v) is 4.05. The van der Waals surface area contributed by atoms with Gasteiger partial charge in [-0.15, -0.1) is 0 Å². The maximum atomic E-state index is 6.25. The number of aromatic nitrogens is 2. The minimum atomic E-state index is 0.277. The van der Waals surface area contributed by atoms with Crippen LogP contribution in [0.25, 0.3) is 11.0 Å². The Morgan fingerprint density at radius 2 is 2.18 bits per heavy atom. The highest BCUT2D eigenvalue weighted by atomic mass is 15.1. The smallest absolute Gasteiger partial charge is 0.111 e. The maximum Gasteiger partial charge on any atom is 0.111 e. The Kier molecular flexibility index (Phi) is 2.63. The van der Waals surface area contributed by atoms with E-state index in [2.05, 4.69) is 34.8 Å². The molecule has 0 aliphatic heterocycles. The van der Waals surface area contributed by atoms with Crippen molar-refractivity contribution in [3.05, 3.63) is 30.1 Å². The molecule has 3 nitrogen and oxygen atoms in total. The van der Waals surface area contributed by atoms with Gasteiger partial charge < -0.3 is 10.3 Å². The lowest BCUT2D eigenvalue weighted by Crippen LogP contribution is -2.36. The second-order valence-corrected chi connectivity index (χ2v) is 5.13. The molecule has 2 aromatic rings. The largest absolute Gasteiger partial charge is 0.331 e. The van der Waals surface area contributed by atoms with Gasteiger partial charge in [0.1, 0.15) is 5.82 Å². The van der Waals surface area contributed by atoms with Gasteiger partial charge in [0.2, 0.25) is 0 Å². The predicted molar refractivity (Wildman–Crippen MR) is 69.7 cm³/mol. The summed E-state index contributed by atoms with van der Waals surface area (Å²) in [6.45, 7) is 0. The number of aryl methyl sites for hydroxylation is 1. The van der Waals surface area contributed by atoms with Crippen molar-refractivity contribution in [2.75, 3.05) is 0 Å². The standard InChI is InChI=1S/C14H19N3/c1-17-13-8-3-2-7-12(13)16-14(17)9-11(15)10-5-4-6-10/h2-3,7-8,10-11H,4-6,9,15H2,1H3. The fraction of sp³-hybridized carbons (Fsp3) is 0.500. The van der Waals surface area contributed by atoms with E-state index in [4.69, 9.17) is 5.73 Å². The van der Waals surface area contributed by atoms with Gasteiger partial charge in [-0.05, 0) is 30.9 Å².